The zero-order chi connectivity index (χ0) is 17.8. The Hall–Kier alpha value is -1.59. The number of hydrogen-bond donors (Lipinski definition) is 1. The van der Waals surface area contributed by atoms with Gasteiger partial charge in [0.25, 0.3) is 0 Å². The first-order chi connectivity index (χ1) is 12.0. The summed E-state index contributed by atoms with van der Waals surface area (Å²) < 4.78 is 5.66. The largest absolute Gasteiger partial charge is 0.374 e. The van der Waals surface area contributed by atoms with Gasteiger partial charge in [-0.05, 0) is 51.3 Å². The Labute approximate surface area is 151 Å². The number of fused-ring (bicyclic) bond motifs is 2. The highest BCUT2D eigenvalue weighted by Gasteiger charge is 2.35. The summed E-state index contributed by atoms with van der Waals surface area (Å²) in [5, 5.41) is 3.09. The fourth-order valence-corrected chi connectivity index (χ4v) is 3.88. The van der Waals surface area contributed by atoms with E-state index in [4.69, 9.17) is 4.74 Å². The molecule has 1 aromatic rings. The number of nitrogens with zero attached hydrogens (tertiary/aromatic N) is 2. The number of carbonyl (C=O) groups is 1. The number of likely N-dealkylation sites (N-methyl/N-ethyl adjacent to an activating group) is 1. The molecule has 2 heterocycles. The van der Waals surface area contributed by atoms with Crippen LogP contribution in [-0.4, -0.2) is 54.2 Å². The monoisotopic (exact) mass is 345 g/mol. The first-order valence-electron chi connectivity index (χ1n) is 9.47. The van der Waals surface area contributed by atoms with Crippen molar-refractivity contribution in [1.82, 2.24) is 15.1 Å². The molecule has 0 spiro atoms. The van der Waals surface area contributed by atoms with Gasteiger partial charge in [0.2, 0.25) is 0 Å². The lowest BCUT2D eigenvalue weighted by atomic mass is 10.1. The van der Waals surface area contributed by atoms with Crippen LogP contribution in [0.3, 0.4) is 0 Å². The number of carbonyl (C=O) groups excluding carboxylic acids is 1. The van der Waals surface area contributed by atoms with Crippen molar-refractivity contribution in [2.24, 2.45) is 0 Å². The van der Waals surface area contributed by atoms with Gasteiger partial charge in [0.15, 0.2) is 0 Å². The second-order valence-corrected chi connectivity index (χ2v) is 7.62. The summed E-state index contributed by atoms with van der Waals surface area (Å²) >= 11 is 0. The van der Waals surface area contributed by atoms with Crippen molar-refractivity contribution >= 4 is 6.03 Å². The van der Waals surface area contributed by atoms with Gasteiger partial charge in [0.05, 0.1) is 12.7 Å². The van der Waals surface area contributed by atoms with Gasteiger partial charge in [0, 0.05) is 31.7 Å². The Morgan fingerprint density at radius 1 is 1.24 bits per heavy atom. The summed E-state index contributed by atoms with van der Waals surface area (Å²) in [6.45, 7) is 6.96. The van der Waals surface area contributed by atoms with Crippen LogP contribution in [0.25, 0.3) is 0 Å². The summed E-state index contributed by atoms with van der Waals surface area (Å²) in [6, 6.07) is 9.49. The molecule has 138 valence electrons. The molecule has 1 aromatic carbocycles. The molecule has 2 saturated heterocycles. The van der Waals surface area contributed by atoms with Crippen molar-refractivity contribution in [3.8, 4) is 0 Å². The first kappa shape index (κ1) is 18.2. The minimum absolute atomic E-state index is 0.0600. The zero-order valence-electron chi connectivity index (χ0n) is 15.7. The Balaban J connectivity index is 1.51. The second kappa shape index (κ2) is 8.19. The number of likely N-dealkylation sites (tertiary alicyclic amines) is 1. The van der Waals surface area contributed by atoms with Crippen LogP contribution in [0.5, 0.6) is 0 Å². The van der Waals surface area contributed by atoms with Gasteiger partial charge in [-0.15, -0.1) is 0 Å². The maximum absolute atomic E-state index is 12.6. The van der Waals surface area contributed by atoms with E-state index in [1.165, 1.54) is 12.8 Å². The van der Waals surface area contributed by atoms with E-state index in [9.17, 15) is 4.79 Å². The number of urea groups is 1. The third-order valence-corrected chi connectivity index (χ3v) is 5.45. The third-order valence-electron chi connectivity index (χ3n) is 5.45. The summed E-state index contributed by atoms with van der Waals surface area (Å²) in [6.07, 6.45) is 3.80. The SMILES string of the molecule is CC(C)OCc1cccc(CNC(=O)N2CCC3CCC(C2)N3C)c1. The normalized spacial score (nSPS) is 23.8. The van der Waals surface area contributed by atoms with E-state index in [1.54, 1.807) is 0 Å². The molecule has 2 amide bonds. The summed E-state index contributed by atoms with van der Waals surface area (Å²) in [4.78, 5) is 17.0. The Morgan fingerprint density at radius 3 is 2.80 bits per heavy atom. The predicted octanol–water partition coefficient (Wildman–Crippen LogP) is 2.99. The lowest BCUT2D eigenvalue weighted by molar-refractivity contribution is 0.0657. The van der Waals surface area contributed by atoms with Gasteiger partial charge >= 0.3 is 6.03 Å². The van der Waals surface area contributed by atoms with Crippen molar-refractivity contribution in [3.05, 3.63) is 35.4 Å². The maximum atomic E-state index is 12.6. The quantitative estimate of drug-likeness (QED) is 0.892. The standard InChI is InChI=1S/C20H31N3O2/c1-15(2)25-14-17-6-4-5-16(11-17)12-21-20(24)23-10-9-18-7-8-19(13-23)22(18)3/h4-6,11,15,18-19H,7-10,12-14H2,1-3H3,(H,21,24). The third kappa shape index (κ3) is 4.73. The van der Waals surface area contributed by atoms with E-state index < -0.39 is 0 Å². The fourth-order valence-electron chi connectivity index (χ4n) is 3.88. The van der Waals surface area contributed by atoms with Crippen LogP contribution in [0.4, 0.5) is 4.79 Å². The number of amides is 2. The van der Waals surface area contributed by atoms with E-state index in [2.05, 4.69) is 35.5 Å². The van der Waals surface area contributed by atoms with Crippen molar-refractivity contribution in [2.75, 3.05) is 20.1 Å². The molecule has 0 aliphatic carbocycles. The van der Waals surface area contributed by atoms with E-state index in [1.807, 2.05) is 24.8 Å². The summed E-state index contributed by atoms with van der Waals surface area (Å²) in [5.41, 5.74) is 2.26. The Kier molecular flexibility index (Phi) is 5.97. The molecule has 2 fully saturated rings. The van der Waals surface area contributed by atoms with Crippen LogP contribution in [0, 0.1) is 0 Å². The number of rotatable bonds is 5. The molecule has 2 aliphatic rings. The summed E-state index contributed by atoms with van der Waals surface area (Å²) in [5.74, 6) is 0. The number of nitrogens with one attached hydrogen (secondary N) is 1. The smallest absolute Gasteiger partial charge is 0.317 e. The molecular formula is C20H31N3O2. The van der Waals surface area contributed by atoms with Gasteiger partial charge in [-0.3, -0.25) is 4.90 Å². The lowest BCUT2D eigenvalue weighted by Gasteiger charge is -2.26. The maximum Gasteiger partial charge on any atom is 0.317 e. The highest BCUT2D eigenvalue weighted by molar-refractivity contribution is 5.74. The molecule has 25 heavy (non-hydrogen) atoms. The topological polar surface area (TPSA) is 44.8 Å². The molecule has 1 N–H and O–H groups in total. The van der Waals surface area contributed by atoms with Crippen LogP contribution in [0.2, 0.25) is 0 Å². The first-order valence-corrected chi connectivity index (χ1v) is 9.47. The van der Waals surface area contributed by atoms with Gasteiger partial charge in [-0.2, -0.15) is 0 Å². The molecule has 3 rings (SSSR count). The van der Waals surface area contributed by atoms with Crippen molar-refractivity contribution in [2.45, 2.75) is 64.4 Å². The van der Waals surface area contributed by atoms with E-state index in [0.717, 1.165) is 30.6 Å². The zero-order valence-corrected chi connectivity index (χ0v) is 15.7. The number of hydrogen-bond acceptors (Lipinski definition) is 3. The molecule has 0 saturated carbocycles. The van der Waals surface area contributed by atoms with Gasteiger partial charge in [-0.1, -0.05) is 24.3 Å². The van der Waals surface area contributed by atoms with Crippen LogP contribution < -0.4 is 5.32 Å². The molecule has 5 heteroatoms. The molecule has 5 nitrogen and oxygen atoms in total. The minimum atomic E-state index is 0.0600. The molecule has 2 aliphatic heterocycles. The fraction of sp³-hybridized carbons (Fsp3) is 0.650. The Morgan fingerprint density at radius 2 is 2.00 bits per heavy atom. The highest BCUT2D eigenvalue weighted by atomic mass is 16.5. The predicted molar refractivity (Wildman–Crippen MR) is 99.4 cm³/mol. The molecule has 0 radical (unpaired) electrons. The molecular weight excluding hydrogens is 314 g/mol. The molecule has 2 bridgehead atoms. The van der Waals surface area contributed by atoms with Crippen LogP contribution in [0.15, 0.2) is 24.3 Å². The molecule has 0 aromatic heterocycles. The van der Waals surface area contributed by atoms with Crippen molar-refractivity contribution in [3.63, 3.8) is 0 Å². The van der Waals surface area contributed by atoms with Crippen molar-refractivity contribution in [1.29, 1.82) is 0 Å². The lowest BCUT2D eigenvalue weighted by Crippen LogP contribution is -2.44. The Bertz CT molecular complexity index is 590. The van der Waals surface area contributed by atoms with E-state index >= 15 is 0 Å². The van der Waals surface area contributed by atoms with Crippen LogP contribution >= 0.6 is 0 Å². The minimum Gasteiger partial charge on any atom is -0.374 e. The average molecular weight is 345 g/mol. The van der Waals surface area contributed by atoms with Crippen LogP contribution in [0.1, 0.15) is 44.2 Å². The van der Waals surface area contributed by atoms with E-state index in [0.29, 0.717) is 25.2 Å². The highest BCUT2D eigenvalue weighted by Crippen LogP contribution is 2.28. The average Bonchev–Trinajstić information content (AvgIpc) is 2.83. The molecule has 2 unspecified atom stereocenters. The van der Waals surface area contributed by atoms with Crippen LogP contribution in [-0.2, 0) is 17.9 Å². The van der Waals surface area contributed by atoms with Gasteiger partial charge in [0.1, 0.15) is 0 Å². The van der Waals surface area contributed by atoms with Gasteiger partial charge in [-0.25, -0.2) is 4.79 Å². The summed E-state index contributed by atoms with van der Waals surface area (Å²) in [7, 11) is 2.20. The number of ether oxygens (including phenoxy) is 1. The molecule has 2 atom stereocenters. The second-order valence-electron chi connectivity index (χ2n) is 7.62. The van der Waals surface area contributed by atoms with Gasteiger partial charge < -0.3 is 15.0 Å². The van der Waals surface area contributed by atoms with Crippen molar-refractivity contribution < 1.29 is 9.53 Å². The van der Waals surface area contributed by atoms with E-state index in [-0.39, 0.29) is 12.1 Å². The number of benzene rings is 1.